The molecule has 204 valence electrons. The number of nitrogens with two attached hydrogens (primary N) is 1. The van der Waals surface area contributed by atoms with Crippen molar-refractivity contribution in [2.24, 2.45) is 5.73 Å². The van der Waals surface area contributed by atoms with Gasteiger partial charge in [-0.2, -0.15) is 0 Å². The number of nitrogens with one attached hydrogen (secondary N) is 1. The fraction of sp³-hybridized carbons (Fsp3) is 0.483. The summed E-state index contributed by atoms with van der Waals surface area (Å²) in [6, 6.07) is 16.5. The van der Waals surface area contributed by atoms with Crippen LogP contribution in [-0.4, -0.2) is 87.7 Å². The van der Waals surface area contributed by atoms with Crippen molar-refractivity contribution < 1.29 is 24.6 Å². The Labute approximate surface area is 223 Å². The largest absolute Gasteiger partial charge is 0.396 e. The maximum atomic E-state index is 13.7. The second-order valence-electron chi connectivity index (χ2n) is 10.3. The summed E-state index contributed by atoms with van der Waals surface area (Å²) in [6.45, 7) is 0.383. The Morgan fingerprint density at radius 3 is 2.21 bits per heavy atom. The van der Waals surface area contributed by atoms with E-state index in [-0.39, 0.29) is 43.3 Å². The fourth-order valence-corrected chi connectivity index (χ4v) is 5.53. The molecule has 38 heavy (non-hydrogen) atoms. The van der Waals surface area contributed by atoms with Gasteiger partial charge in [0.05, 0.1) is 12.1 Å². The van der Waals surface area contributed by atoms with Crippen LogP contribution in [0.1, 0.15) is 36.8 Å². The molecule has 0 radical (unpaired) electrons. The smallest absolute Gasteiger partial charge is 0.246 e. The highest BCUT2D eigenvalue weighted by Crippen LogP contribution is 2.26. The zero-order valence-electron chi connectivity index (χ0n) is 21.6. The van der Waals surface area contributed by atoms with Crippen LogP contribution in [0.5, 0.6) is 0 Å². The number of rotatable bonds is 10. The van der Waals surface area contributed by atoms with Gasteiger partial charge < -0.3 is 31.1 Å². The van der Waals surface area contributed by atoms with E-state index < -0.39 is 24.2 Å². The lowest BCUT2D eigenvalue weighted by Gasteiger charge is -2.32. The van der Waals surface area contributed by atoms with Crippen LogP contribution in [0, 0.1) is 0 Å². The predicted octanol–water partition coefficient (Wildman–Crippen LogP) is 0.619. The molecule has 9 heteroatoms. The molecule has 0 bridgehead atoms. The molecule has 0 saturated carbocycles. The van der Waals surface area contributed by atoms with Gasteiger partial charge >= 0.3 is 0 Å². The number of hydrogen-bond donors (Lipinski definition) is 4. The van der Waals surface area contributed by atoms with E-state index in [0.29, 0.717) is 38.6 Å². The van der Waals surface area contributed by atoms with Gasteiger partial charge in [-0.05, 0) is 43.2 Å². The van der Waals surface area contributed by atoms with Crippen molar-refractivity contribution in [3.63, 3.8) is 0 Å². The Morgan fingerprint density at radius 1 is 0.947 bits per heavy atom. The molecule has 5 atom stereocenters. The molecule has 2 saturated heterocycles. The highest BCUT2D eigenvalue weighted by Gasteiger charge is 2.45. The molecular formula is C29H38N4O5. The molecule has 2 aromatic rings. The summed E-state index contributed by atoms with van der Waals surface area (Å²) in [4.78, 5) is 43.1. The van der Waals surface area contributed by atoms with Crippen LogP contribution in [-0.2, 0) is 27.2 Å². The summed E-state index contributed by atoms with van der Waals surface area (Å²) in [5, 5.41) is 22.9. The van der Waals surface area contributed by atoms with Crippen LogP contribution in [0.25, 0.3) is 0 Å². The first kappa shape index (κ1) is 27.8. The molecule has 5 N–H and O–H groups in total. The molecule has 2 aliphatic rings. The minimum Gasteiger partial charge on any atom is -0.396 e. The van der Waals surface area contributed by atoms with E-state index in [4.69, 9.17) is 5.73 Å². The summed E-state index contributed by atoms with van der Waals surface area (Å²) in [5.74, 6) is -0.974. The van der Waals surface area contributed by atoms with Gasteiger partial charge in [0.1, 0.15) is 12.1 Å². The number of nitrogens with zero attached hydrogens (tertiary/aromatic N) is 2. The van der Waals surface area contributed by atoms with Crippen LogP contribution < -0.4 is 11.1 Å². The third-order valence-electron chi connectivity index (χ3n) is 7.45. The lowest BCUT2D eigenvalue weighted by Crippen LogP contribution is -2.56. The molecule has 2 aromatic carbocycles. The maximum Gasteiger partial charge on any atom is 0.246 e. The number of amides is 3. The standard InChI is InChI=1S/C29H38N4O5/c30-24(17-21-10-5-2-6-11-21)28(37)33-19-23(35)18-26(33)29(38)32-14-7-12-25(32)27(36)31-22(13-15-34)16-20-8-3-1-4-9-20/h1-6,8-11,22-26,34-35H,7,12-19,30H2,(H,31,36)/t22-,23-,24+,25+,26+/m1/s1. The first-order valence-electron chi connectivity index (χ1n) is 13.4. The molecule has 4 rings (SSSR count). The monoisotopic (exact) mass is 522 g/mol. The number of hydrogen-bond acceptors (Lipinski definition) is 6. The van der Waals surface area contributed by atoms with Crippen LogP contribution in [0.2, 0.25) is 0 Å². The molecule has 2 aliphatic heterocycles. The van der Waals surface area contributed by atoms with Crippen molar-refractivity contribution >= 4 is 17.7 Å². The Kier molecular flexibility index (Phi) is 9.49. The van der Waals surface area contributed by atoms with Gasteiger partial charge in [-0.1, -0.05) is 60.7 Å². The Balaban J connectivity index is 1.42. The summed E-state index contributed by atoms with van der Waals surface area (Å²) in [5.41, 5.74) is 8.19. The number of likely N-dealkylation sites (tertiary alicyclic amines) is 2. The second kappa shape index (κ2) is 13.0. The topological polar surface area (TPSA) is 136 Å². The van der Waals surface area contributed by atoms with Gasteiger partial charge in [-0.3, -0.25) is 14.4 Å². The van der Waals surface area contributed by atoms with E-state index in [9.17, 15) is 24.6 Å². The number of carbonyl (C=O) groups is 3. The number of aliphatic hydroxyl groups is 2. The van der Waals surface area contributed by atoms with Crippen molar-refractivity contribution in [3.05, 3.63) is 71.8 Å². The molecule has 0 unspecified atom stereocenters. The van der Waals surface area contributed by atoms with Crippen molar-refractivity contribution in [2.75, 3.05) is 19.7 Å². The van der Waals surface area contributed by atoms with E-state index >= 15 is 0 Å². The number of carbonyl (C=O) groups excluding carboxylic acids is 3. The highest BCUT2D eigenvalue weighted by atomic mass is 16.3. The van der Waals surface area contributed by atoms with Gasteiger partial charge in [0.25, 0.3) is 0 Å². The van der Waals surface area contributed by atoms with Crippen molar-refractivity contribution in [3.8, 4) is 0 Å². The quantitative estimate of drug-likeness (QED) is 0.361. The predicted molar refractivity (Wildman–Crippen MR) is 143 cm³/mol. The van der Waals surface area contributed by atoms with Crippen molar-refractivity contribution in [1.82, 2.24) is 15.1 Å². The van der Waals surface area contributed by atoms with Gasteiger partial charge in [0, 0.05) is 32.2 Å². The van der Waals surface area contributed by atoms with E-state index in [1.54, 1.807) is 4.90 Å². The molecule has 3 amide bonds. The first-order chi connectivity index (χ1) is 18.4. The van der Waals surface area contributed by atoms with Gasteiger partial charge in [-0.15, -0.1) is 0 Å². The Hall–Kier alpha value is -3.27. The molecule has 0 spiro atoms. The van der Waals surface area contributed by atoms with Crippen LogP contribution in [0.3, 0.4) is 0 Å². The van der Waals surface area contributed by atoms with Crippen molar-refractivity contribution in [2.45, 2.75) is 68.8 Å². The maximum absolute atomic E-state index is 13.7. The zero-order valence-corrected chi connectivity index (χ0v) is 21.6. The number of aliphatic hydroxyl groups excluding tert-OH is 2. The fourth-order valence-electron chi connectivity index (χ4n) is 5.53. The molecule has 0 aromatic heterocycles. The van der Waals surface area contributed by atoms with E-state index in [1.807, 2.05) is 60.7 Å². The molecule has 2 fully saturated rings. The number of benzene rings is 2. The third-order valence-corrected chi connectivity index (χ3v) is 7.45. The summed E-state index contributed by atoms with van der Waals surface area (Å²) >= 11 is 0. The average molecular weight is 523 g/mol. The van der Waals surface area contributed by atoms with E-state index in [2.05, 4.69) is 5.32 Å². The van der Waals surface area contributed by atoms with E-state index in [0.717, 1.165) is 11.1 Å². The van der Waals surface area contributed by atoms with Gasteiger partial charge in [-0.25, -0.2) is 0 Å². The lowest BCUT2D eigenvalue weighted by molar-refractivity contribution is -0.147. The minimum absolute atomic E-state index is 0.0398. The molecule has 9 nitrogen and oxygen atoms in total. The first-order valence-corrected chi connectivity index (χ1v) is 13.4. The van der Waals surface area contributed by atoms with Gasteiger partial charge in [0.15, 0.2) is 0 Å². The third kappa shape index (κ3) is 6.78. The number of β-amino-alcohol motifs (C(OH)–C–C–N with tert-alkyl or cyclic N) is 1. The molecular weight excluding hydrogens is 484 g/mol. The second-order valence-corrected chi connectivity index (χ2v) is 10.3. The van der Waals surface area contributed by atoms with Crippen LogP contribution in [0.4, 0.5) is 0 Å². The molecule has 2 heterocycles. The SMILES string of the molecule is N[C@@H](Cc1ccccc1)C(=O)N1C[C@H](O)C[C@H]1C(=O)N1CCC[C@H]1C(=O)N[C@H](CCO)Cc1ccccc1. The Bertz CT molecular complexity index is 1080. The minimum atomic E-state index is -0.856. The summed E-state index contributed by atoms with van der Waals surface area (Å²) in [6.07, 6.45) is 1.79. The molecule has 0 aliphatic carbocycles. The summed E-state index contributed by atoms with van der Waals surface area (Å²) < 4.78 is 0. The van der Waals surface area contributed by atoms with Crippen LogP contribution in [0.15, 0.2) is 60.7 Å². The normalized spacial score (nSPS) is 22.8. The zero-order chi connectivity index (χ0) is 27.1. The van der Waals surface area contributed by atoms with Gasteiger partial charge in [0.2, 0.25) is 17.7 Å². The highest BCUT2D eigenvalue weighted by molar-refractivity contribution is 5.94. The average Bonchev–Trinajstić information content (AvgIpc) is 3.56. The van der Waals surface area contributed by atoms with Crippen molar-refractivity contribution in [1.29, 1.82) is 0 Å². The summed E-state index contributed by atoms with van der Waals surface area (Å²) in [7, 11) is 0. The lowest BCUT2D eigenvalue weighted by atomic mass is 10.0. The van der Waals surface area contributed by atoms with E-state index in [1.165, 1.54) is 4.90 Å². The van der Waals surface area contributed by atoms with Crippen LogP contribution >= 0.6 is 0 Å². The Morgan fingerprint density at radius 2 is 1.58 bits per heavy atom.